The van der Waals surface area contributed by atoms with Gasteiger partial charge >= 0.3 is 0 Å². The number of imide groups is 1. The number of nitro groups is 1. The average molecular weight is 279 g/mol. The summed E-state index contributed by atoms with van der Waals surface area (Å²) in [5, 5.41) is 22.7. The number of anilines is 1. The van der Waals surface area contributed by atoms with E-state index in [1.54, 1.807) is 0 Å². The minimum absolute atomic E-state index is 0.124. The zero-order valence-corrected chi connectivity index (χ0v) is 10.7. The van der Waals surface area contributed by atoms with Gasteiger partial charge in [-0.15, -0.1) is 0 Å². The Morgan fingerprint density at radius 3 is 2.45 bits per heavy atom. The molecule has 0 radical (unpaired) electrons. The molecule has 1 aromatic rings. The molecule has 2 amide bonds. The fourth-order valence-electron chi connectivity index (χ4n) is 2.02. The summed E-state index contributed by atoms with van der Waals surface area (Å²) in [5.41, 5.74) is 0.335. The number of nitrogens with zero attached hydrogens (tertiary/aromatic N) is 2. The van der Waals surface area contributed by atoms with Crippen LogP contribution in [0, 0.1) is 10.1 Å². The summed E-state index contributed by atoms with van der Waals surface area (Å²) in [4.78, 5) is 34.5. The SMILES string of the molecule is C[C@H](O)c1ccc(N2CC(=O)NC(=O)C2)c([N+](=O)[O-])c1. The van der Waals surface area contributed by atoms with Crippen LogP contribution in [-0.4, -0.2) is 34.9 Å². The van der Waals surface area contributed by atoms with Crippen LogP contribution in [0.5, 0.6) is 0 Å². The minimum atomic E-state index is -0.839. The highest BCUT2D eigenvalue weighted by Gasteiger charge is 2.28. The molecule has 1 atom stereocenters. The molecule has 0 unspecified atom stereocenters. The van der Waals surface area contributed by atoms with Gasteiger partial charge in [-0.25, -0.2) is 0 Å². The Morgan fingerprint density at radius 1 is 1.35 bits per heavy atom. The van der Waals surface area contributed by atoms with Crippen LogP contribution in [0.25, 0.3) is 0 Å². The first-order chi connectivity index (χ1) is 9.38. The van der Waals surface area contributed by atoms with Crippen LogP contribution in [0.1, 0.15) is 18.6 Å². The lowest BCUT2D eigenvalue weighted by molar-refractivity contribution is -0.384. The second-order valence-electron chi connectivity index (χ2n) is 4.51. The van der Waals surface area contributed by atoms with Gasteiger partial charge in [0.25, 0.3) is 5.69 Å². The van der Waals surface area contributed by atoms with E-state index in [-0.39, 0.29) is 24.5 Å². The van der Waals surface area contributed by atoms with Crippen LogP contribution in [0.4, 0.5) is 11.4 Å². The van der Waals surface area contributed by atoms with Crippen molar-refractivity contribution in [1.82, 2.24) is 5.32 Å². The summed E-state index contributed by atoms with van der Waals surface area (Å²) in [6, 6.07) is 4.22. The van der Waals surface area contributed by atoms with Crippen LogP contribution >= 0.6 is 0 Å². The van der Waals surface area contributed by atoms with Crippen LogP contribution in [0.2, 0.25) is 0 Å². The van der Waals surface area contributed by atoms with Gasteiger partial charge in [0.2, 0.25) is 11.8 Å². The predicted molar refractivity (Wildman–Crippen MR) is 69.1 cm³/mol. The number of carbonyl (C=O) groups excluding carboxylic acids is 2. The number of piperazine rings is 1. The normalized spacial score (nSPS) is 16.8. The molecule has 8 nitrogen and oxygen atoms in total. The number of aliphatic hydroxyl groups excluding tert-OH is 1. The molecule has 1 aliphatic rings. The molecular formula is C12H13N3O5. The van der Waals surface area contributed by atoms with E-state index >= 15 is 0 Å². The van der Waals surface area contributed by atoms with Gasteiger partial charge in [0.15, 0.2) is 0 Å². The van der Waals surface area contributed by atoms with Crippen molar-refractivity contribution in [2.75, 3.05) is 18.0 Å². The second-order valence-corrected chi connectivity index (χ2v) is 4.51. The summed E-state index contributed by atoms with van der Waals surface area (Å²) in [7, 11) is 0. The molecule has 1 saturated heterocycles. The van der Waals surface area contributed by atoms with Crippen molar-refractivity contribution < 1.29 is 19.6 Å². The first kappa shape index (κ1) is 13.9. The Balaban J connectivity index is 2.42. The number of rotatable bonds is 3. The molecule has 1 aliphatic heterocycles. The standard InChI is InChI=1S/C12H13N3O5/c1-7(16)8-2-3-9(10(4-8)15(19)20)14-5-11(17)13-12(18)6-14/h2-4,7,16H,5-6H2,1H3,(H,13,17,18)/t7-/m0/s1. The van der Waals surface area contributed by atoms with Crippen LogP contribution in [0.3, 0.4) is 0 Å². The maximum atomic E-state index is 11.3. The van der Waals surface area contributed by atoms with E-state index in [0.717, 1.165) is 0 Å². The Labute approximate surface area is 114 Å². The highest BCUT2D eigenvalue weighted by molar-refractivity contribution is 6.03. The van der Waals surface area contributed by atoms with E-state index in [4.69, 9.17) is 0 Å². The largest absolute Gasteiger partial charge is 0.389 e. The third-order valence-corrected chi connectivity index (χ3v) is 2.97. The number of hydrogen-bond acceptors (Lipinski definition) is 6. The third kappa shape index (κ3) is 2.75. The number of nitro benzene ring substituents is 1. The Kier molecular flexibility index (Phi) is 3.66. The number of carbonyl (C=O) groups is 2. The van der Waals surface area contributed by atoms with Gasteiger partial charge in [0, 0.05) is 6.07 Å². The maximum Gasteiger partial charge on any atom is 0.292 e. The second kappa shape index (κ2) is 5.25. The summed E-state index contributed by atoms with van der Waals surface area (Å²) < 4.78 is 0. The molecule has 0 spiro atoms. The van der Waals surface area contributed by atoms with Gasteiger partial charge in [-0.1, -0.05) is 6.07 Å². The molecule has 2 rings (SSSR count). The Bertz CT molecular complexity index is 568. The molecule has 1 fully saturated rings. The van der Waals surface area contributed by atoms with E-state index < -0.39 is 22.8 Å². The van der Waals surface area contributed by atoms with E-state index in [1.807, 2.05) is 0 Å². The topological polar surface area (TPSA) is 113 Å². The molecule has 2 N–H and O–H groups in total. The van der Waals surface area contributed by atoms with Crippen molar-refractivity contribution in [2.24, 2.45) is 0 Å². The van der Waals surface area contributed by atoms with Crippen LogP contribution in [0.15, 0.2) is 18.2 Å². The van der Waals surface area contributed by atoms with E-state index in [1.165, 1.54) is 30.0 Å². The zero-order chi connectivity index (χ0) is 14.9. The summed E-state index contributed by atoms with van der Waals surface area (Å²) >= 11 is 0. The van der Waals surface area contributed by atoms with Gasteiger partial charge in [-0.2, -0.15) is 0 Å². The highest BCUT2D eigenvalue weighted by atomic mass is 16.6. The summed E-state index contributed by atoms with van der Waals surface area (Å²) in [6.45, 7) is 1.25. The molecular weight excluding hydrogens is 266 g/mol. The highest BCUT2D eigenvalue weighted by Crippen LogP contribution is 2.31. The number of benzene rings is 1. The van der Waals surface area contributed by atoms with E-state index in [9.17, 15) is 24.8 Å². The average Bonchev–Trinajstić information content (AvgIpc) is 2.36. The number of nitrogens with one attached hydrogen (secondary N) is 1. The quantitative estimate of drug-likeness (QED) is 0.461. The predicted octanol–water partition coefficient (Wildman–Crippen LogP) is 0.111. The molecule has 0 bridgehead atoms. The number of aliphatic hydroxyl groups is 1. The Morgan fingerprint density at radius 2 is 1.95 bits per heavy atom. The van der Waals surface area contributed by atoms with E-state index in [0.29, 0.717) is 5.56 Å². The lowest BCUT2D eigenvalue weighted by atomic mass is 10.1. The molecule has 1 heterocycles. The lowest BCUT2D eigenvalue weighted by Gasteiger charge is -2.27. The van der Waals surface area contributed by atoms with Gasteiger partial charge in [-0.05, 0) is 18.6 Å². The van der Waals surface area contributed by atoms with Crippen LogP contribution < -0.4 is 10.2 Å². The Hall–Kier alpha value is -2.48. The molecule has 8 heteroatoms. The van der Waals surface area contributed by atoms with Crippen molar-refractivity contribution in [3.63, 3.8) is 0 Å². The van der Waals surface area contributed by atoms with Crippen molar-refractivity contribution in [3.05, 3.63) is 33.9 Å². The van der Waals surface area contributed by atoms with Gasteiger partial charge < -0.3 is 10.0 Å². The van der Waals surface area contributed by atoms with E-state index in [2.05, 4.69) is 5.32 Å². The third-order valence-electron chi connectivity index (χ3n) is 2.97. The molecule has 0 saturated carbocycles. The first-order valence-electron chi connectivity index (χ1n) is 5.92. The van der Waals surface area contributed by atoms with Gasteiger partial charge in [0.05, 0.1) is 24.1 Å². The molecule has 20 heavy (non-hydrogen) atoms. The van der Waals surface area contributed by atoms with Crippen molar-refractivity contribution in [1.29, 1.82) is 0 Å². The fraction of sp³-hybridized carbons (Fsp3) is 0.333. The zero-order valence-electron chi connectivity index (χ0n) is 10.7. The molecule has 106 valence electrons. The lowest BCUT2D eigenvalue weighted by Crippen LogP contribution is -2.51. The monoisotopic (exact) mass is 279 g/mol. The van der Waals surface area contributed by atoms with Gasteiger partial charge in [-0.3, -0.25) is 25.0 Å². The van der Waals surface area contributed by atoms with Crippen LogP contribution in [-0.2, 0) is 9.59 Å². The number of amides is 2. The first-order valence-corrected chi connectivity index (χ1v) is 5.92. The van der Waals surface area contributed by atoms with Crippen molar-refractivity contribution in [3.8, 4) is 0 Å². The molecule has 1 aromatic carbocycles. The smallest absolute Gasteiger partial charge is 0.292 e. The summed E-state index contributed by atoms with van der Waals surface area (Å²) in [5.74, 6) is -1.01. The molecule has 0 aliphatic carbocycles. The maximum absolute atomic E-state index is 11.3. The minimum Gasteiger partial charge on any atom is -0.389 e. The fourth-order valence-corrected chi connectivity index (χ4v) is 2.02. The molecule has 0 aromatic heterocycles. The summed E-state index contributed by atoms with van der Waals surface area (Å²) in [6.07, 6.45) is -0.839. The van der Waals surface area contributed by atoms with Crippen molar-refractivity contribution >= 4 is 23.2 Å². The number of hydrogen-bond donors (Lipinski definition) is 2. The van der Waals surface area contributed by atoms with Gasteiger partial charge in [0.1, 0.15) is 5.69 Å². The van der Waals surface area contributed by atoms with Crippen molar-refractivity contribution in [2.45, 2.75) is 13.0 Å².